The number of rotatable bonds is 3. The maximum Gasteiger partial charge on any atom is 0.306 e. The molecule has 1 heterocycles. The Morgan fingerprint density at radius 1 is 1.33 bits per heavy atom. The highest BCUT2D eigenvalue weighted by Crippen LogP contribution is 2.35. The molecule has 0 aliphatic carbocycles. The number of halogens is 2. The maximum atomic E-state index is 12.7. The van der Waals surface area contributed by atoms with Gasteiger partial charge in [0, 0.05) is 12.6 Å². The zero-order chi connectivity index (χ0) is 15.8. The third kappa shape index (κ3) is 3.18. The topological polar surface area (TPSA) is 74.7 Å². The van der Waals surface area contributed by atoms with Gasteiger partial charge in [0.25, 0.3) is 0 Å². The van der Waals surface area contributed by atoms with Gasteiger partial charge < -0.3 is 5.11 Å². The summed E-state index contributed by atoms with van der Waals surface area (Å²) in [7, 11) is -3.85. The van der Waals surface area contributed by atoms with Crippen LogP contribution in [0.1, 0.15) is 19.8 Å². The van der Waals surface area contributed by atoms with E-state index in [0.29, 0.717) is 0 Å². The monoisotopic (exact) mass is 351 g/mol. The summed E-state index contributed by atoms with van der Waals surface area (Å²) in [6.07, 6.45) is 0.553. The van der Waals surface area contributed by atoms with E-state index in [1.54, 1.807) is 13.0 Å². The molecule has 2 rings (SSSR count). The van der Waals surface area contributed by atoms with Gasteiger partial charge >= 0.3 is 5.97 Å². The van der Waals surface area contributed by atoms with Crippen molar-refractivity contribution in [3.8, 4) is 0 Å². The Bertz CT molecular complexity index is 642. The molecule has 1 aromatic rings. The first-order valence-electron chi connectivity index (χ1n) is 6.43. The van der Waals surface area contributed by atoms with Gasteiger partial charge in [-0.3, -0.25) is 4.79 Å². The van der Waals surface area contributed by atoms with E-state index in [9.17, 15) is 13.2 Å². The normalized spacial score (nSPS) is 24.0. The van der Waals surface area contributed by atoms with Crippen molar-refractivity contribution in [1.82, 2.24) is 4.31 Å². The maximum absolute atomic E-state index is 12.7. The summed E-state index contributed by atoms with van der Waals surface area (Å²) in [5.74, 6) is -1.41. The molecule has 1 fully saturated rings. The average Bonchev–Trinajstić information content (AvgIpc) is 2.37. The smallest absolute Gasteiger partial charge is 0.306 e. The van der Waals surface area contributed by atoms with E-state index >= 15 is 0 Å². The summed E-state index contributed by atoms with van der Waals surface area (Å²) >= 11 is 12.0. The van der Waals surface area contributed by atoms with Crippen LogP contribution in [0.4, 0.5) is 0 Å². The SMILES string of the molecule is CC1CC(C(=O)O)CCN1S(=O)(=O)c1c(Cl)cccc1Cl. The Kier molecular flexibility index (Phi) is 4.82. The third-order valence-corrected chi connectivity index (χ3v) is 6.62. The lowest BCUT2D eigenvalue weighted by atomic mass is 9.93. The number of nitrogens with zero attached hydrogens (tertiary/aromatic N) is 1. The van der Waals surface area contributed by atoms with Gasteiger partial charge in [-0.15, -0.1) is 0 Å². The van der Waals surface area contributed by atoms with Crippen molar-refractivity contribution >= 4 is 39.2 Å². The first-order valence-corrected chi connectivity index (χ1v) is 8.63. The minimum atomic E-state index is -3.85. The molecule has 0 amide bonds. The third-order valence-electron chi connectivity index (χ3n) is 3.65. The van der Waals surface area contributed by atoms with E-state index < -0.39 is 28.0 Å². The second kappa shape index (κ2) is 6.12. The van der Waals surface area contributed by atoms with E-state index in [4.69, 9.17) is 28.3 Å². The molecule has 0 bridgehead atoms. The van der Waals surface area contributed by atoms with Crippen molar-refractivity contribution < 1.29 is 18.3 Å². The highest BCUT2D eigenvalue weighted by atomic mass is 35.5. The molecule has 1 saturated heterocycles. The zero-order valence-corrected chi connectivity index (χ0v) is 13.6. The van der Waals surface area contributed by atoms with Crippen molar-refractivity contribution in [3.05, 3.63) is 28.2 Å². The van der Waals surface area contributed by atoms with Crippen LogP contribution >= 0.6 is 23.2 Å². The number of sulfonamides is 1. The van der Waals surface area contributed by atoms with E-state index in [-0.39, 0.29) is 34.3 Å². The van der Waals surface area contributed by atoms with Crippen molar-refractivity contribution in [2.45, 2.75) is 30.7 Å². The molecule has 1 aliphatic rings. The fourth-order valence-corrected chi connectivity index (χ4v) is 5.33. The van der Waals surface area contributed by atoms with Crippen LogP contribution in [-0.2, 0) is 14.8 Å². The molecular formula is C13H15Cl2NO4S. The summed E-state index contributed by atoms with van der Waals surface area (Å²) in [6, 6.07) is 4.09. The molecule has 0 radical (unpaired) electrons. The molecule has 1 N–H and O–H groups in total. The lowest BCUT2D eigenvalue weighted by Crippen LogP contribution is -2.46. The number of benzene rings is 1. The zero-order valence-electron chi connectivity index (χ0n) is 11.3. The summed E-state index contributed by atoms with van der Waals surface area (Å²) in [4.78, 5) is 10.9. The van der Waals surface area contributed by atoms with Gasteiger partial charge in [0.05, 0.1) is 16.0 Å². The lowest BCUT2D eigenvalue weighted by molar-refractivity contribution is -0.143. The molecule has 0 saturated carbocycles. The minimum absolute atomic E-state index is 0.0649. The fourth-order valence-electron chi connectivity index (χ4n) is 2.58. The Morgan fingerprint density at radius 2 is 1.90 bits per heavy atom. The van der Waals surface area contributed by atoms with Gasteiger partial charge in [0.15, 0.2) is 0 Å². The van der Waals surface area contributed by atoms with Crippen molar-refractivity contribution in [3.63, 3.8) is 0 Å². The van der Waals surface area contributed by atoms with Crippen molar-refractivity contribution in [2.24, 2.45) is 5.92 Å². The molecule has 0 aromatic heterocycles. The predicted molar refractivity (Wildman–Crippen MR) is 80.2 cm³/mol. The Hall–Kier alpha value is -0.820. The van der Waals surface area contributed by atoms with Crippen molar-refractivity contribution in [2.75, 3.05) is 6.54 Å². The molecule has 2 atom stereocenters. The standard InChI is InChI=1S/C13H15Cl2NO4S/c1-8-7-9(13(17)18)5-6-16(8)21(19,20)12-10(14)3-2-4-11(12)15/h2-4,8-9H,5-7H2,1H3,(H,17,18). The number of carboxylic acids is 1. The van der Waals surface area contributed by atoms with Gasteiger partial charge in [-0.2, -0.15) is 4.31 Å². The highest BCUT2D eigenvalue weighted by molar-refractivity contribution is 7.89. The molecular weight excluding hydrogens is 337 g/mol. The van der Waals surface area contributed by atoms with Crippen LogP contribution in [0, 0.1) is 5.92 Å². The van der Waals surface area contributed by atoms with Gasteiger partial charge in [-0.25, -0.2) is 8.42 Å². The van der Waals surface area contributed by atoms with Crippen molar-refractivity contribution in [1.29, 1.82) is 0 Å². The van der Waals surface area contributed by atoms with Crippen LogP contribution in [0.25, 0.3) is 0 Å². The van der Waals surface area contributed by atoms with E-state index in [1.165, 1.54) is 16.4 Å². The minimum Gasteiger partial charge on any atom is -0.481 e. The summed E-state index contributed by atoms with van der Waals surface area (Å²) in [5, 5.41) is 9.17. The lowest BCUT2D eigenvalue weighted by Gasteiger charge is -2.35. The van der Waals surface area contributed by atoms with Gasteiger partial charge in [-0.05, 0) is 31.9 Å². The number of hydrogen-bond acceptors (Lipinski definition) is 3. The average molecular weight is 352 g/mol. The molecule has 1 aromatic carbocycles. The van der Waals surface area contributed by atoms with Gasteiger partial charge in [-0.1, -0.05) is 29.3 Å². The molecule has 21 heavy (non-hydrogen) atoms. The largest absolute Gasteiger partial charge is 0.481 e. The van der Waals surface area contributed by atoms with Crippen LogP contribution in [0.15, 0.2) is 23.1 Å². The first-order chi connectivity index (χ1) is 9.75. The predicted octanol–water partition coefficient (Wildman–Crippen LogP) is 2.87. The quantitative estimate of drug-likeness (QED) is 0.908. The summed E-state index contributed by atoms with van der Waals surface area (Å²) in [5.41, 5.74) is 0. The second-order valence-electron chi connectivity index (χ2n) is 5.08. The summed E-state index contributed by atoms with van der Waals surface area (Å²) in [6.45, 7) is 1.83. The molecule has 2 unspecified atom stereocenters. The van der Waals surface area contributed by atoms with Crippen LogP contribution in [0.2, 0.25) is 10.0 Å². The van der Waals surface area contributed by atoms with Gasteiger partial charge in [0.1, 0.15) is 4.90 Å². The Labute approximate surface area is 133 Å². The first kappa shape index (κ1) is 16.5. The molecule has 0 spiro atoms. The highest BCUT2D eigenvalue weighted by Gasteiger charge is 2.38. The number of aliphatic carboxylic acids is 1. The Balaban J connectivity index is 2.35. The summed E-state index contributed by atoms with van der Waals surface area (Å²) < 4.78 is 26.7. The van der Waals surface area contributed by atoms with Crippen LogP contribution < -0.4 is 0 Å². The van der Waals surface area contributed by atoms with Crippen LogP contribution in [0.3, 0.4) is 0 Å². The number of piperidine rings is 1. The number of carbonyl (C=O) groups is 1. The second-order valence-corrected chi connectivity index (χ2v) is 7.72. The fraction of sp³-hybridized carbons (Fsp3) is 0.462. The van der Waals surface area contributed by atoms with Gasteiger partial charge in [0.2, 0.25) is 10.0 Å². The molecule has 5 nitrogen and oxygen atoms in total. The van der Waals surface area contributed by atoms with Crippen LogP contribution in [-0.4, -0.2) is 36.4 Å². The number of carboxylic acid groups (broad SMARTS) is 1. The van der Waals surface area contributed by atoms with E-state index in [2.05, 4.69) is 0 Å². The number of hydrogen-bond donors (Lipinski definition) is 1. The van der Waals surface area contributed by atoms with Crippen LogP contribution in [0.5, 0.6) is 0 Å². The molecule has 8 heteroatoms. The van der Waals surface area contributed by atoms with E-state index in [0.717, 1.165) is 0 Å². The molecule has 1 aliphatic heterocycles. The van der Waals surface area contributed by atoms with E-state index in [1.807, 2.05) is 0 Å². The Morgan fingerprint density at radius 3 is 2.38 bits per heavy atom. The molecule has 116 valence electrons.